The molecule has 0 heterocycles. The maximum atomic E-state index is 12.5. The molecule has 1 amide bonds. The van der Waals surface area contributed by atoms with Gasteiger partial charge in [0.15, 0.2) is 0 Å². The van der Waals surface area contributed by atoms with E-state index in [9.17, 15) is 9.59 Å². The molecule has 0 atom stereocenters. The minimum absolute atomic E-state index is 0.0226. The highest BCUT2D eigenvalue weighted by Crippen LogP contribution is 2.45. The molecule has 1 fully saturated rings. The lowest BCUT2D eigenvalue weighted by Gasteiger charge is -2.40. The summed E-state index contributed by atoms with van der Waals surface area (Å²) in [4.78, 5) is 23.4. The van der Waals surface area contributed by atoms with Gasteiger partial charge < -0.3 is 15.2 Å². The van der Waals surface area contributed by atoms with Crippen molar-refractivity contribution in [2.24, 2.45) is 5.41 Å². The van der Waals surface area contributed by atoms with Gasteiger partial charge in [0.25, 0.3) is 0 Å². The summed E-state index contributed by atoms with van der Waals surface area (Å²) < 4.78 is 5.36. The van der Waals surface area contributed by atoms with Crippen molar-refractivity contribution in [3.8, 4) is 0 Å². The third-order valence-corrected chi connectivity index (χ3v) is 4.49. The average molecular weight is 326 g/mol. The predicted octanol–water partition coefficient (Wildman–Crippen LogP) is 3.57. The number of carboxylic acid groups (broad SMARTS) is 1. The Balaban J connectivity index is 2.04. The monoisotopic (exact) mass is 325 g/mol. The van der Waals surface area contributed by atoms with E-state index in [1.807, 2.05) is 6.92 Å². The Labute approximate surface area is 134 Å². The van der Waals surface area contributed by atoms with Crippen molar-refractivity contribution in [3.05, 3.63) is 28.8 Å². The van der Waals surface area contributed by atoms with E-state index in [2.05, 4.69) is 5.32 Å². The molecule has 6 heteroatoms. The number of ether oxygens (including phenoxy) is 1. The number of hydrogen-bond donors (Lipinski definition) is 2. The second kappa shape index (κ2) is 7.11. The lowest BCUT2D eigenvalue weighted by molar-refractivity contribution is -0.132. The number of hydrogen-bond acceptors (Lipinski definition) is 3. The zero-order valence-corrected chi connectivity index (χ0v) is 13.3. The van der Waals surface area contributed by atoms with Gasteiger partial charge in [0.05, 0.1) is 16.0 Å². The molecule has 0 aliphatic heterocycles. The van der Waals surface area contributed by atoms with Crippen molar-refractivity contribution in [2.75, 3.05) is 18.5 Å². The number of nitrogens with one attached hydrogen (secondary N) is 1. The number of amides is 1. The zero-order chi connectivity index (χ0) is 16.2. The zero-order valence-electron chi connectivity index (χ0n) is 12.5. The first-order valence-electron chi connectivity index (χ1n) is 7.40. The summed E-state index contributed by atoms with van der Waals surface area (Å²) in [6, 6.07) is 4.42. The Morgan fingerprint density at radius 2 is 2.14 bits per heavy atom. The minimum atomic E-state index is -1.09. The molecule has 1 aliphatic rings. The molecule has 1 aliphatic carbocycles. The number of aromatic carboxylic acids is 1. The Bertz CT molecular complexity index is 569. The summed E-state index contributed by atoms with van der Waals surface area (Å²) >= 11 is 5.92. The molecule has 1 saturated carbocycles. The van der Waals surface area contributed by atoms with E-state index in [0.29, 0.717) is 25.3 Å². The van der Waals surface area contributed by atoms with Crippen LogP contribution < -0.4 is 5.32 Å². The molecule has 1 aromatic rings. The molecular formula is C16H20ClNO4. The molecule has 0 bridgehead atoms. The van der Waals surface area contributed by atoms with E-state index in [1.54, 1.807) is 6.07 Å². The van der Waals surface area contributed by atoms with Crippen LogP contribution in [-0.2, 0) is 9.53 Å². The fraction of sp³-hybridized carbons (Fsp3) is 0.500. The molecule has 0 saturated heterocycles. The van der Waals surface area contributed by atoms with Crippen LogP contribution in [0, 0.1) is 5.41 Å². The first-order valence-corrected chi connectivity index (χ1v) is 7.78. The van der Waals surface area contributed by atoms with Crippen LogP contribution in [-0.4, -0.2) is 30.2 Å². The van der Waals surface area contributed by atoms with Gasteiger partial charge in [0, 0.05) is 18.9 Å². The highest BCUT2D eigenvalue weighted by molar-refractivity contribution is 6.33. The topological polar surface area (TPSA) is 75.6 Å². The van der Waals surface area contributed by atoms with Gasteiger partial charge in [-0.2, -0.15) is 0 Å². The summed E-state index contributed by atoms with van der Waals surface area (Å²) in [6.07, 6.45) is 3.45. The number of halogens is 1. The van der Waals surface area contributed by atoms with Crippen LogP contribution in [0.25, 0.3) is 0 Å². The summed E-state index contributed by atoms with van der Waals surface area (Å²) in [7, 11) is 0. The second-order valence-electron chi connectivity index (χ2n) is 5.53. The normalized spacial score (nSPS) is 15.9. The molecule has 120 valence electrons. The Morgan fingerprint density at radius 1 is 1.41 bits per heavy atom. The Kier molecular flexibility index (Phi) is 5.42. The first kappa shape index (κ1) is 16.8. The van der Waals surface area contributed by atoms with Crippen LogP contribution in [0.4, 0.5) is 5.69 Å². The molecule has 0 unspecified atom stereocenters. The number of carboxylic acids is 1. The summed E-state index contributed by atoms with van der Waals surface area (Å²) in [5, 5.41) is 11.9. The van der Waals surface area contributed by atoms with E-state index >= 15 is 0 Å². The maximum absolute atomic E-state index is 12.5. The van der Waals surface area contributed by atoms with Crippen LogP contribution >= 0.6 is 11.6 Å². The smallest absolute Gasteiger partial charge is 0.337 e. The maximum Gasteiger partial charge on any atom is 0.337 e. The van der Waals surface area contributed by atoms with E-state index in [1.165, 1.54) is 12.1 Å². The third kappa shape index (κ3) is 3.59. The number of anilines is 1. The van der Waals surface area contributed by atoms with Crippen molar-refractivity contribution >= 4 is 29.2 Å². The van der Waals surface area contributed by atoms with Crippen molar-refractivity contribution in [2.45, 2.75) is 32.6 Å². The number of rotatable bonds is 7. The van der Waals surface area contributed by atoms with Crippen LogP contribution in [0.1, 0.15) is 43.0 Å². The van der Waals surface area contributed by atoms with Gasteiger partial charge in [-0.25, -0.2) is 4.79 Å². The van der Waals surface area contributed by atoms with Crippen LogP contribution in [0.5, 0.6) is 0 Å². The Hall–Kier alpha value is -1.59. The average Bonchev–Trinajstić information content (AvgIpc) is 2.41. The second-order valence-corrected chi connectivity index (χ2v) is 5.94. The quantitative estimate of drug-likeness (QED) is 0.751. The minimum Gasteiger partial charge on any atom is -0.478 e. The van der Waals surface area contributed by atoms with Crippen LogP contribution in [0.3, 0.4) is 0 Å². The van der Waals surface area contributed by atoms with Crippen molar-refractivity contribution < 1.29 is 19.4 Å². The molecule has 1 aromatic carbocycles. The number of benzene rings is 1. The molecule has 0 radical (unpaired) electrons. The molecule has 5 nitrogen and oxygen atoms in total. The summed E-state index contributed by atoms with van der Waals surface area (Å²) in [5.74, 6) is -1.13. The van der Waals surface area contributed by atoms with Gasteiger partial charge in [-0.05, 0) is 44.4 Å². The standard InChI is InChI=1S/C16H20ClNO4/c1-2-22-9-8-16(6-3-7-16)15(21)18-11-4-5-12(14(19)20)13(17)10-11/h4-5,10H,2-3,6-9H2,1H3,(H,18,21)(H,19,20). The third-order valence-electron chi connectivity index (χ3n) is 4.18. The van der Waals surface area contributed by atoms with Crippen LogP contribution in [0.2, 0.25) is 5.02 Å². The lowest BCUT2D eigenvalue weighted by Crippen LogP contribution is -2.42. The molecule has 0 aromatic heterocycles. The number of carbonyl (C=O) groups excluding carboxylic acids is 1. The van der Waals surface area contributed by atoms with Crippen molar-refractivity contribution in [1.82, 2.24) is 0 Å². The fourth-order valence-electron chi connectivity index (χ4n) is 2.64. The van der Waals surface area contributed by atoms with E-state index in [-0.39, 0.29) is 21.9 Å². The molecular weight excluding hydrogens is 306 g/mol. The highest BCUT2D eigenvalue weighted by Gasteiger charge is 2.43. The first-order chi connectivity index (χ1) is 10.5. The molecule has 0 spiro atoms. The van der Waals surface area contributed by atoms with E-state index < -0.39 is 5.97 Å². The fourth-order valence-corrected chi connectivity index (χ4v) is 2.90. The lowest BCUT2D eigenvalue weighted by atomic mass is 9.66. The van der Waals surface area contributed by atoms with Crippen molar-refractivity contribution in [3.63, 3.8) is 0 Å². The largest absolute Gasteiger partial charge is 0.478 e. The predicted molar refractivity (Wildman–Crippen MR) is 84.4 cm³/mol. The summed E-state index contributed by atoms with van der Waals surface area (Å²) in [5.41, 5.74) is 0.171. The number of carbonyl (C=O) groups is 2. The van der Waals surface area contributed by atoms with E-state index in [0.717, 1.165) is 19.3 Å². The van der Waals surface area contributed by atoms with E-state index in [4.69, 9.17) is 21.4 Å². The van der Waals surface area contributed by atoms with Gasteiger partial charge in [0.2, 0.25) is 5.91 Å². The van der Waals surface area contributed by atoms with Crippen LogP contribution in [0.15, 0.2) is 18.2 Å². The molecule has 2 rings (SSSR count). The molecule has 2 N–H and O–H groups in total. The Morgan fingerprint density at radius 3 is 2.64 bits per heavy atom. The van der Waals surface area contributed by atoms with Gasteiger partial charge in [0.1, 0.15) is 0 Å². The van der Waals surface area contributed by atoms with Gasteiger partial charge in [-0.3, -0.25) is 4.79 Å². The van der Waals surface area contributed by atoms with Gasteiger partial charge >= 0.3 is 5.97 Å². The molecule has 22 heavy (non-hydrogen) atoms. The highest BCUT2D eigenvalue weighted by atomic mass is 35.5. The van der Waals surface area contributed by atoms with Gasteiger partial charge in [-0.15, -0.1) is 0 Å². The summed E-state index contributed by atoms with van der Waals surface area (Å²) in [6.45, 7) is 3.14. The van der Waals surface area contributed by atoms with Crippen molar-refractivity contribution in [1.29, 1.82) is 0 Å². The SMILES string of the molecule is CCOCCC1(C(=O)Nc2ccc(C(=O)O)c(Cl)c2)CCC1. The van der Waals surface area contributed by atoms with Gasteiger partial charge in [-0.1, -0.05) is 18.0 Å².